The van der Waals surface area contributed by atoms with Gasteiger partial charge in [-0.25, -0.2) is 4.39 Å². The zero-order valence-electron chi connectivity index (χ0n) is 10.7. The van der Waals surface area contributed by atoms with E-state index in [0.29, 0.717) is 17.8 Å². The zero-order valence-corrected chi connectivity index (χ0v) is 11.4. The number of halogens is 2. The van der Waals surface area contributed by atoms with Crippen LogP contribution in [0.15, 0.2) is 36.4 Å². The van der Waals surface area contributed by atoms with Gasteiger partial charge in [0.15, 0.2) is 0 Å². The third-order valence-corrected chi connectivity index (χ3v) is 3.18. The highest BCUT2D eigenvalue weighted by Gasteiger charge is 2.10. The van der Waals surface area contributed by atoms with Crippen LogP contribution in [0, 0.1) is 22.9 Å². The van der Waals surface area contributed by atoms with Gasteiger partial charge in [-0.05, 0) is 30.7 Å². The molecule has 0 aliphatic rings. The van der Waals surface area contributed by atoms with Crippen molar-refractivity contribution in [2.75, 3.05) is 5.32 Å². The SMILES string of the molecule is Cc1ccc(CNc2ccc(F)c(Cl)c2)cc1[N+](=O)[O-]. The monoisotopic (exact) mass is 294 g/mol. The highest BCUT2D eigenvalue weighted by molar-refractivity contribution is 6.31. The van der Waals surface area contributed by atoms with Crippen LogP contribution in [0.5, 0.6) is 0 Å². The van der Waals surface area contributed by atoms with E-state index >= 15 is 0 Å². The molecule has 20 heavy (non-hydrogen) atoms. The molecule has 1 N–H and O–H groups in total. The number of hydrogen-bond donors (Lipinski definition) is 1. The average molecular weight is 295 g/mol. The summed E-state index contributed by atoms with van der Waals surface area (Å²) in [5.74, 6) is -0.483. The minimum Gasteiger partial charge on any atom is -0.381 e. The molecule has 2 aromatic rings. The molecule has 0 atom stereocenters. The molecule has 2 aromatic carbocycles. The second-order valence-corrected chi connectivity index (χ2v) is 4.77. The van der Waals surface area contributed by atoms with Crippen molar-refractivity contribution in [3.63, 3.8) is 0 Å². The molecule has 2 rings (SSSR count). The van der Waals surface area contributed by atoms with Crippen molar-refractivity contribution >= 4 is 23.0 Å². The van der Waals surface area contributed by atoms with Gasteiger partial charge in [-0.15, -0.1) is 0 Å². The van der Waals surface area contributed by atoms with E-state index in [-0.39, 0.29) is 10.7 Å². The average Bonchev–Trinajstić information content (AvgIpc) is 2.41. The van der Waals surface area contributed by atoms with Crippen LogP contribution in [0.4, 0.5) is 15.8 Å². The van der Waals surface area contributed by atoms with Gasteiger partial charge in [-0.3, -0.25) is 10.1 Å². The van der Waals surface area contributed by atoms with Crippen molar-refractivity contribution in [3.8, 4) is 0 Å². The molecule has 0 bridgehead atoms. The van der Waals surface area contributed by atoms with E-state index < -0.39 is 10.7 Å². The van der Waals surface area contributed by atoms with Gasteiger partial charge in [0.05, 0.1) is 9.95 Å². The topological polar surface area (TPSA) is 55.2 Å². The first-order valence-corrected chi connectivity index (χ1v) is 6.28. The zero-order chi connectivity index (χ0) is 14.7. The summed E-state index contributed by atoms with van der Waals surface area (Å²) in [6, 6.07) is 9.33. The van der Waals surface area contributed by atoms with E-state index in [1.807, 2.05) is 0 Å². The van der Waals surface area contributed by atoms with Crippen LogP contribution in [-0.2, 0) is 6.54 Å². The molecule has 0 aliphatic carbocycles. The molecule has 0 heterocycles. The normalized spacial score (nSPS) is 10.3. The standard InChI is InChI=1S/C14H12ClFN2O2/c1-9-2-3-10(6-14(9)18(19)20)8-17-11-4-5-13(16)12(15)7-11/h2-7,17H,8H2,1H3. The van der Waals surface area contributed by atoms with E-state index in [2.05, 4.69) is 5.32 Å². The van der Waals surface area contributed by atoms with Crippen LogP contribution in [0.2, 0.25) is 5.02 Å². The molecule has 0 saturated carbocycles. The van der Waals surface area contributed by atoms with Crippen molar-refractivity contribution in [2.24, 2.45) is 0 Å². The predicted molar refractivity (Wildman–Crippen MR) is 76.6 cm³/mol. The van der Waals surface area contributed by atoms with Gasteiger partial charge < -0.3 is 5.32 Å². The lowest BCUT2D eigenvalue weighted by molar-refractivity contribution is -0.385. The number of nitro groups is 1. The second-order valence-electron chi connectivity index (χ2n) is 4.36. The Morgan fingerprint density at radius 3 is 2.70 bits per heavy atom. The van der Waals surface area contributed by atoms with Crippen molar-refractivity contribution in [2.45, 2.75) is 13.5 Å². The lowest BCUT2D eigenvalue weighted by Crippen LogP contribution is -2.01. The highest BCUT2D eigenvalue weighted by atomic mass is 35.5. The smallest absolute Gasteiger partial charge is 0.272 e. The third kappa shape index (κ3) is 3.24. The number of nitrogens with zero attached hydrogens (tertiary/aromatic N) is 1. The maximum absolute atomic E-state index is 13.0. The molecule has 0 amide bonds. The van der Waals surface area contributed by atoms with Gasteiger partial charge in [-0.1, -0.05) is 23.7 Å². The first kappa shape index (κ1) is 14.3. The Morgan fingerprint density at radius 1 is 1.30 bits per heavy atom. The van der Waals surface area contributed by atoms with Crippen LogP contribution in [0.1, 0.15) is 11.1 Å². The molecule has 0 aromatic heterocycles. The van der Waals surface area contributed by atoms with Gasteiger partial charge in [0.1, 0.15) is 5.82 Å². The van der Waals surface area contributed by atoms with E-state index in [4.69, 9.17) is 11.6 Å². The number of aryl methyl sites for hydroxylation is 1. The summed E-state index contributed by atoms with van der Waals surface area (Å²) in [6.07, 6.45) is 0. The van der Waals surface area contributed by atoms with Crippen LogP contribution >= 0.6 is 11.6 Å². The second kappa shape index (κ2) is 5.88. The molecule has 4 nitrogen and oxygen atoms in total. The summed E-state index contributed by atoms with van der Waals surface area (Å²) < 4.78 is 13.0. The van der Waals surface area contributed by atoms with E-state index in [1.54, 1.807) is 25.1 Å². The number of nitro benzene ring substituents is 1. The maximum atomic E-state index is 13.0. The number of rotatable bonds is 4. The van der Waals surface area contributed by atoms with Gasteiger partial charge >= 0.3 is 0 Å². The first-order valence-electron chi connectivity index (χ1n) is 5.90. The van der Waals surface area contributed by atoms with Crippen molar-refractivity contribution in [1.82, 2.24) is 0 Å². The van der Waals surface area contributed by atoms with Gasteiger partial charge in [0.25, 0.3) is 5.69 Å². The number of hydrogen-bond acceptors (Lipinski definition) is 3. The summed E-state index contributed by atoms with van der Waals surface area (Å²) in [5.41, 5.74) is 2.12. The number of anilines is 1. The Bertz CT molecular complexity index is 662. The number of benzene rings is 2. The van der Waals surface area contributed by atoms with Crippen LogP contribution in [0.25, 0.3) is 0 Å². The van der Waals surface area contributed by atoms with Crippen molar-refractivity contribution < 1.29 is 9.31 Å². The molecular formula is C14H12ClFN2O2. The molecule has 104 valence electrons. The molecule has 0 saturated heterocycles. The maximum Gasteiger partial charge on any atom is 0.272 e. The van der Waals surface area contributed by atoms with E-state index in [0.717, 1.165) is 5.56 Å². The Labute approximate surface area is 120 Å². The molecule has 0 aliphatic heterocycles. The fraction of sp³-hybridized carbons (Fsp3) is 0.143. The summed E-state index contributed by atoms with van der Waals surface area (Å²) >= 11 is 5.68. The Morgan fingerprint density at radius 2 is 2.05 bits per heavy atom. The molecule has 0 unspecified atom stereocenters. The summed E-state index contributed by atoms with van der Waals surface area (Å²) in [6.45, 7) is 2.08. The van der Waals surface area contributed by atoms with E-state index in [9.17, 15) is 14.5 Å². The van der Waals surface area contributed by atoms with Crippen molar-refractivity contribution in [3.05, 3.63) is 68.5 Å². The minimum atomic E-state index is -0.483. The summed E-state index contributed by atoms with van der Waals surface area (Å²) in [5, 5.41) is 13.9. The molecule has 0 radical (unpaired) electrons. The van der Waals surface area contributed by atoms with Gasteiger partial charge in [-0.2, -0.15) is 0 Å². The molecule has 6 heteroatoms. The third-order valence-electron chi connectivity index (χ3n) is 2.89. The van der Waals surface area contributed by atoms with Crippen LogP contribution in [0.3, 0.4) is 0 Å². The fourth-order valence-corrected chi connectivity index (χ4v) is 1.95. The van der Waals surface area contributed by atoms with Gasteiger partial charge in [0, 0.05) is 23.9 Å². The largest absolute Gasteiger partial charge is 0.381 e. The van der Waals surface area contributed by atoms with Crippen LogP contribution < -0.4 is 5.32 Å². The van der Waals surface area contributed by atoms with Gasteiger partial charge in [0.2, 0.25) is 0 Å². The van der Waals surface area contributed by atoms with Crippen molar-refractivity contribution in [1.29, 1.82) is 0 Å². The molecular weight excluding hydrogens is 283 g/mol. The van der Waals surface area contributed by atoms with E-state index in [1.165, 1.54) is 18.2 Å². The lowest BCUT2D eigenvalue weighted by Gasteiger charge is -2.08. The summed E-state index contributed by atoms with van der Waals surface area (Å²) in [4.78, 5) is 10.4. The molecule has 0 fully saturated rings. The predicted octanol–water partition coefficient (Wildman–Crippen LogP) is 4.31. The molecule has 0 spiro atoms. The minimum absolute atomic E-state index is 0.0323. The lowest BCUT2D eigenvalue weighted by atomic mass is 10.1. The Hall–Kier alpha value is -2.14. The Balaban J connectivity index is 2.12. The van der Waals surface area contributed by atoms with Crippen LogP contribution in [-0.4, -0.2) is 4.92 Å². The Kier molecular flexibility index (Phi) is 4.20. The quantitative estimate of drug-likeness (QED) is 0.675. The fourth-order valence-electron chi connectivity index (χ4n) is 1.77. The summed E-state index contributed by atoms with van der Waals surface area (Å²) in [7, 11) is 0. The highest BCUT2D eigenvalue weighted by Crippen LogP contribution is 2.22. The first-order chi connectivity index (χ1) is 9.47. The number of nitrogens with one attached hydrogen (secondary N) is 1.